The quantitative estimate of drug-likeness (QED) is 0.621. The SMILES string of the molecule is C=Cc1c(C(=C)NC2CCN(C)CC2)cc(Nc2ccn[nH]2)nc1C(=C)C(F)(F)F. The summed E-state index contributed by atoms with van der Waals surface area (Å²) in [6.07, 6.45) is 0.0989. The second-order valence-corrected chi connectivity index (χ2v) is 7.29. The van der Waals surface area contributed by atoms with Crippen LogP contribution >= 0.6 is 0 Å². The summed E-state index contributed by atoms with van der Waals surface area (Å²) in [5.41, 5.74) is -0.0904. The Bertz CT molecular complexity index is 925. The monoisotopic (exact) mass is 418 g/mol. The van der Waals surface area contributed by atoms with Crippen molar-refractivity contribution in [2.75, 3.05) is 25.5 Å². The molecule has 0 bridgehead atoms. The number of H-pyrrole nitrogens is 1. The number of likely N-dealkylation sites (tertiary alicyclic amines) is 1. The van der Waals surface area contributed by atoms with Gasteiger partial charge in [0.1, 0.15) is 11.6 Å². The van der Waals surface area contributed by atoms with Crippen LogP contribution in [-0.4, -0.2) is 52.4 Å². The van der Waals surface area contributed by atoms with Gasteiger partial charge in [-0.05, 0) is 39.0 Å². The summed E-state index contributed by atoms with van der Waals surface area (Å²) >= 11 is 0. The smallest absolute Gasteiger partial charge is 0.382 e. The Morgan fingerprint density at radius 3 is 2.57 bits per heavy atom. The molecule has 1 fully saturated rings. The van der Waals surface area contributed by atoms with Crippen LogP contribution in [0.3, 0.4) is 0 Å². The van der Waals surface area contributed by atoms with Gasteiger partial charge in [-0.3, -0.25) is 5.10 Å². The Morgan fingerprint density at radius 1 is 1.30 bits per heavy atom. The van der Waals surface area contributed by atoms with E-state index in [0.717, 1.165) is 25.9 Å². The third-order valence-electron chi connectivity index (χ3n) is 5.08. The lowest BCUT2D eigenvalue weighted by Crippen LogP contribution is -2.40. The molecule has 0 aliphatic carbocycles. The highest BCUT2D eigenvalue weighted by molar-refractivity contribution is 5.83. The van der Waals surface area contributed by atoms with Crippen molar-refractivity contribution in [3.63, 3.8) is 0 Å². The van der Waals surface area contributed by atoms with Crippen molar-refractivity contribution in [3.05, 3.63) is 54.9 Å². The van der Waals surface area contributed by atoms with Gasteiger partial charge in [-0.25, -0.2) is 4.98 Å². The number of halogens is 3. The first-order valence-corrected chi connectivity index (χ1v) is 9.53. The van der Waals surface area contributed by atoms with Crippen molar-refractivity contribution >= 4 is 29.0 Å². The van der Waals surface area contributed by atoms with E-state index in [1.165, 1.54) is 12.3 Å². The average Bonchev–Trinajstić information content (AvgIpc) is 3.20. The van der Waals surface area contributed by atoms with Crippen molar-refractivity contribution in [2.24, 2.45) is 0 Å². The zero-order valence-corrected chi connectivity index (χ0v) is 16.8. The van der Waals surface area contributed by atoms with Gasteiger partial charge in [-0.1, -0.05) is 25.8 Å². The molecule has 0 atom stereocenters. The largest absolute Gasteiger partial charge is 0.417 e. The van der Waals surface area contributed by atoms with Gasteiger partial charge in [-0.15, -0.1) is 0 Å². The third-order valence-corrected chi connectivity index (χ3v) is 5.08. The molecule has 2 aromatic heterocycles. The van der Waals surface area contributed by atoms with E-state index in [1.807, 2.05) is 0 Å². The van der Waals surface area contributed by atoms with Crippen molar-refractivity contribution < 1.29 is 13.2 Å². The van der Waals surface area contributed by atoms with Gasteiger partial charge in [0, 0.05) is 28.9 Å². The molecule has 1 aliphatic rings. The Balaban J connectivity index is 1.99. The molecular weight excluding hydrogens is 393 g/mol. The second-order valence-electron chi connectivity index (χ2n) is 7.29. The van der Waals surface area contributed by atoms with Gasteiger partial charge in [0.25, 0.3) is 0 Å². The fourth-order valence-electron chi connectivity index (χ4n) is 3.38. The van der Waals surface area contributed by atoms with Gasteiger partial charge >= 0.3 is 6.18 Å². The molecule has 0 aromatic carbocycles. The topological polar surface area (TPSA) is 68.9 Å². The van der Waals surface area contributed by atoms with Crippen LogP contribution in [0.2, 0.25) is 0 Å². The van der Waals surface area contributed by atoms with E-state index < -0.39 is 11.7 Å². The van der Waals surface area contributed by atoms with Crippen molar-refractivity contribution in [3.8, 4) is 0 Å². The highest BCUT2D eigenvalue weighted by atomic mass is 19.4. The number of rotatable bonds is 7. The normalized spacial score (nSPS) is 15.6. The number of allylic oxidation sites excluding steroid dienone is 1. The number of anilines is 2. The number of hydrogen-bond acceptors (Lipinski definition) is 5. The fraction of sp³-hybridized carbons (Fsp3) is 0.333. The summed E-state index contributed by atoms with van der Waals surface area (Å²) in [4.78, 5) is 6.40. The molecule has 0 spiro atoms. The molecule has 0 radical (unpaired) electrons. The number of nitrogens with zero attached hydrogens (tertiary/aromatic N) is 3. The summed E-state index contributed by atoms with van der Waals surface area (Å²) in [6.45, 7) is 12.9. The maximum absolute atomic E-state index is 13.4. The molecule has 160 valence electrons. The van der Waals surface area contributed by atoms with E-state index in [9.17, 15) is 13.2 Å². The molecule has 0 saturated carbocycles. The number of aromatic amines is 1. The predicted octanol–water partition coefficient (Wildman–Crippen LogP) is 4.42. The standard InChI is InChI=1S/C21H25F3N6/c1-5-16-17(14(3)26-15-7-10-30(4)11-8-15)12-19(27-18-6-9-25-29-18)28-20(16)13(2)21(22,23)24/h5-6,9,12,15,26H,1-3,7-8,10-11H2,4H3,(H2,25,27,28,29). The number of piperidine rings is 1. The van der Waals surface area contributed by atoms with Crippen LogP contribution in [0.25, 0.3) is 17.3 Å². The number of aromatic nitrogens is 3. The third kappa shape index (κ3) is 4.91. The van der Waals surface area contributed by atoms with Crippen molar-refractivity contribution in [1.82, 2.24) is 25.4 Å². The number of pyridine rings is 1. The molecule has 9 heteroatoms. The van der Waals surface area contributed by atoms with Gasteiger partial charge in [0.15, 0.2) is 0 Å². The van der Waals surface area contributed by atoms with Gasteiger partial charge in [0.2, 0.25) is 0 Å². The fourth-order valence-corrected chi connectivity index (χ4v) is 3.38. The van der Waals surface area contributed by atoms with Crippen LogP contribution in [0.4, 0.5) is 24.8 Å². The van der Waals surface area contributed by atoms with E-state index in [-0.39, 0.29) is 23.1 Å². The number of alkyl halides is 3. The summed E-state index contributed by atoms with van der Waals surface area (Å²) in [5.74, 6) is 0.712. The minimum atomic E-state index is -4.63. The lowest BCUT2D eigenvalue weighted by Gasteiger charge is -2.31. The van der Waals surface area contributed by atoms with Crippen LogP contribution in [-0.2, 0) is 0 Å². The Labute approximate surface area is 173 Å². The average molecular weight is 418 g/mol. The minimum absolute atomic E-state index is 0.192. The molecule has 3 N–H and O–H groups in total. The molecule has 3 rings (SSSR count). The predicted molar refractivity (Wildman–Crippen MR) is 114 cm³/mol. The second kappa shape index (κ2) is 8.74. The Morgan fingerprint density at radius 2 is 2.00 bits per heavy atom. The van der Waals surface area contributed by atoms with Crippen molar-refractivity contribution in [2.45, 2.75) is 25.1 Å². The summed E-state index contributed by atoms with van der Waals surface area (Å²) in [5, 5.41) is 12.8. The minimum Gasteiger partial charge on any atom is -0.382 e. The molecule has 6 nitrogen and oxygen atoms in total. The van der Waals surface area contributed by atoms with Crippen LogP contribution in [0, 0.1) is 0 Å². The summed E-state index contributed by atoms with van der Waals surface area (Å²) in [7, 11) is 2.06. The number of nitrogens with one attached hydrogen (secondary N) is 3. The van der Waals surface area contributed by atoms with Crippen LogP contribution in [0.1, 0.15) is 29.7 Å². The maximum Gasteiger partial charge on any atom is 0.417 e. The molecule has 1 saturated heterocycles. The Kier molecular flexibility index (Phi) is 6.31. The highest BCUT2D eigenvalue weighted by Crippen LogP contribution is 2.37. The summed E-state index contributed by atoms with van der Waals surface area (Å²) in [6, 6.07) is 3.49. The first-order valence-electron chi connectivity index (χ1n) is 9.53. The van der Waals surface area contributed by atoms with Gasteiger partial charge < -0.3 is 15.5 Å². The molecule has 0 amide bonds. The molecule has 30 heavy (non-hydrogen) atoms. The zero-order chi connectivity index (χ0) is 21.9. The van der Waals surface area contributed by atoms with Crippen molar-refractivity contribution in [1.29, 1.82) is 0 Å². The summed E-state index contributed by atoms with van der Waals surface area (Å²) < 4.78 is 40.3. The maximum atomic E-state index is 13.4. The van der Waals surface area contributed by atoms with Crippen LogP contribution in [0.5, 0.6) is 0 Å². The zero-order valence-electron chi connectivity index (χ0n) is 16.8. The highest BCUT2D eigenvalue weighted by Gasteiger charge is 2.36. The van der Waals surface area contributed by atoms with E-state index in [2.05, 4.69) is 57.5 Å². The molecule has 1 aliphatic heterocycles. The number of hydrogen-bond donors (Lipinski definition) is 3. The molecule has 3 heterocycles. The van der Waals surface area contributed by atoms with Crippen LogP contribution in [0.15, 0.2) is 38.1 Å². The molecule has 2 aromatic rings. The first kappa shape index (κ1) is 21.6. The molecule has 0 unspecified atom stereocenters. The first-order chi connectivity index (χ1) is 14.2. The van der Waals surface area contributed by atoms with Gasteiger partial charge in [-0.2, -0.15) is 18.3 Å². The van der Waals surface area contributed by atoms with Crippen LogP contribution < -0.4 is 10.6 Å². The van der Waals surface area contributed by atoms with Gasteiger partial charge in [0.05, 0.1) is 17.5 Å². The molecular formula is C21H25F3N6. The van der Waals surface area contributed by atoms with E-state index in [1.54, 1.807) is 12.1 Å². The van der Waals surface area contributed by atoms with E-state index in [0.29, 0.717) is 17.1 Å². The lowest BCUT2D eigenvalue weighted by atomic mass is 9.98. The van der Waals surface area contributed by atoms with E-state index in [4.69, 9.17) is 0 Å². The van der Waals surface area contributed by atoms with E-state index >= 15 is 0 Å². The lowest BCUT2D eigenvalue weighted by molar-refractivity contribution is -0.0689. The Hall–Kier alpha value is -3.07.